The van der Waals surface area contributed by atoms with Gasteiger partial charge in [-0.3, -0.25) is 4.79 Å². The Morgan fingerprint density at radius 2 is 1.66 bits per heavy atom. The van der Waals surface area contributed by atoms with Crippen molar-refractivity contribution in [2.75, 3.05) is 19.8 Å². The lowest BCUT2D eigenvalue weighted by Crippen LogP contribution is -2.62. The average Bonchev–Trinajstić information content (AvgIpc) is 3.57. The molecule has 6 fully saturated rings. The number of aliphatic hydroxyl groups excluding tert-OH is 7. The molecule has 7 N–H and O–H groups in total. The first-order valence-electron chi connectivity index (χ1n) is 19.2. The molecule has 0 bridgehead atoms. The van der Waals surface area contributed by atoms with Crippen molar-refractivity contribution in [1.82, 2.24) is 0 Å². The van der Waals surface area contributed by atoms with Crippen LogP contribution in [-0.2, 0) is 23.7 Å². The van der Waals surface area contributed by atoms with Gasteiger partial charge >= 0.3 is 0 Å². The maximum atomic E-state index is 12.9. The zero-order valence-corrected chi connectivity index (χ0v) is 30.0. The third-order valence-corrected chi connectivity index (χ3v) is 15.0. The Balaban J connectivity index is 1.03. The molecule has 50 heavy (non-hydrogen) atoms. The molecule has 0 unspecified atom stereocenters. The van der Waals surface area contributed by atoms with Gasteiger partial charge in [0.25, 0.3) is 0 Å². The van der Waals surface area contributed by atoms with Crippen LogP contribution in [0.5, 0.6) is 0 Å². The van der Waals surface area contributed by atoms with Gasteiger partial charge in [0.05, 0.1) is 31.7 Å². The molecule has 284 valence electrons. The van der Waals surface area contributed by atoms with Gasteiger partial charge in [0.15, 0.2) is 6.29 Å². The second-order valence-electron chi connectivity index (χ2n) is 17.7. The number of hydrogen-bond acceptors (Lipinski definition) is 12. The number of Topliss-reactive ketones (excluding diaryl/α,β-unsaturated/α-hetero) is 1. The Morgan fingerprint density at radius 3 is 2.40 bits per heavy atom. The van der Waals surface area contributed by atoms with Gasteiger partial charge in [-0.2, -0.15) is 0 Å². The smallest absolute Gasteiger partial charge is 0.186 e. The summed E-state index contributed by atoms with van der Waals surface area (Å²) in [6.07, 6.45) is -3.07. The van der Waals surface area contributed by atoms with Crippen LogP contribution in [0.4, 0.5) is 0 Å². The van der Waals surface area contributed by atoms with E-state index in [9.17, 15) is 40.5 Å². The molecule has 0 radical (unpaired) electrons. The number of ether oxygens (including phenoxy) is 4. The van der Waals surface area contributed by atoms with Gasteiger partial charge in [0.1, 0.15) is 54.6 Å². The van der Waals surface area contributed by atoms with Gasteiger partial charge < -0.3 is 54.7 Å². The fourth-order valence-electron chi connectivity index (χ4n) is 12.3. The minimum Gasteiger partial charge on any atom is -0.494 e. The normalized spacial score (nSPS) is 52.5. The van der Waals surface area contributed by atoms with E-state index in [0.717, 1.165) is 50.7 Å². The fraction of sp³-hybridized carbons (Fsp3) is 0.921. The van der Waals surface area contributed by atoms with Crippen molar-refractivity contribution >= 4 is 5.78 Å². The first-order valence-corrected chi connectivity index (χ1v) is 19.2. The lowest BCUT2D eigenvalue weighted by atomic mass is 9.42. The molecule has 7 aliphatic rings. The van der Waals surface area contributed by atoms with Gasteiger partial charge in [0.2, 0.25) is 0 Å². The van der Waals surface area contributed by atoms with Crippen molar-refractivity contribution in [2.24, 2.45) is 52.3 Å². The van der Waals surface area contributed by atoms with Crippen LogP contribution < -0.4 is 0 Å². The van der Waals surface area contributed by atoms with E-state index in [4.69, 9.17) is 18.9 Å². The van der Waals surface area contributed by atoms with Gasteiger partial charge in [0, 0.05) is 25.2 Å². The van der Waals surface area contributed by atoms with Gasteiger partial charge in [-0.25, -0.2) is 0 Å². The number of ketones is 1. The molecular formula is C38H60O12. The molecular weight excluding hydrogens is 648 g/mol. The Labute approximate surface area is 295 Å². The van der Waals surface area contributed by atoms with E-state index in [0.29, 0.717) is 36.5 Å². The fourth-order valence-corrected chi connectivity index (χ4v) is 12.3. The number of allylic oxidation sites excluding steroid dienone is 1. The van der Waals surface area contributed by atoms with Gasteiger partial charge in [-0.05, 0) is 97.4 Å². The minimum absolute atomic E-state index is 0.0186. The molecule has 3 heterocycles. The highest BCUT2D eigenvalue weighted by Gasteiger charge is 2.67. The number of carbonyl (C=O) groups excluding carboxylic acids is 1. The summed E-state index contributed by atoms with van der Waals surface area (Å²) < 4.78 is 24.2. The first-order chi connectivity index (χ1) is 23.7. The summed E-state index contributed by atoms with van der Waals surface area (Å²) in [6, 6.07) is 0. The Morgan fingerprint density at radius 1 is 0.900 bits per heavy atom. The molecule has 19 atom stereocenters. The van der Waals surface area contributed by atoms with E-state index < -0.39 is 61.7 Å². The van der Waals surface area contributed by atoms with E-state index in [1.807, 2.05) is 6.92 Å². The second-order valence-corrected chi connectivity index (χ2v) is 17.7. The highest BCUT2D eigenvalue weighted by Crippen LogP contribution is 2.71. The van der Waals surface area contributed by atoms with E-state index in [1.54, 1.807) is 0 Å². The van der Waals surface area contributed by atoms with E-state index in [1.165, 1.54) is 5.57 Å². The van der Waals surface area contributed by atoms with Crippen LogP contribution >= 0.6 is 0 Å². The predicted molar refractivity (Wildman–Crippen MR) is 178 cm³/mol. The summed E-state index contributed by atoms with van der Waals surface area (Å²) in [7, 11) is 0. The Hall–Kier alpha value is -1.19. The third kappa shape index (κ3) is 6.01. The van der Waals surface area contributed by atoms with Crippen LogP contribution in [-0.4, -0.2) is 123 Å². The minimum atomic E-state index is -1.47. The van der Waals surface area contributed by atoms with Crippen molar-refractivity contribution in [1.29, 1.82) is 0 Å². The monoisotopic (exact) mass is 708 g/mol. The molecule has 2 saturated heterocycles. The maximum absolute atomic E-state index is 12.9. The molecule has 0 aromatic rings. The lowest BCUT2D eigenvalue weighted by molar-refractivity contribution is -0.303. The van der Waals surface area contributed by atoms with Crippen LogP contribution in [0, 0.1) is 52.3 Å². The summed E-state index contributed by atoms with van der Waals surface area (Å²) in [5.41, 5.74) is 1.31. The summed E-state index contributed by atoms with van der Waals surface area (Å²) in [5, 5.41) is 72.0. The molecule has 0 aromatic carbocycles. The standard InChI is InChI=1S/C38H60O12/c1-17(15-48-36-34(46)32(44)31(43)28(14-39)50-36)5-6-26-18(2)29-27(49-26)13-24-20-12-21(35-33(45)30(42)25(41)16-47-35)23-11-19(40)7-9-37(23,3)22(20)8-10-38(24,29)4/h17,20-25,27-36,39,41-46H,5-16H2,1-4H3/t17-,20+,21-,22-,23+,24-,25+,27-,28+,29-,30-,31+,32-,33+,34+,35-,36+,37+,38-/m0/s1. The number of carbonyl (C=O) groups is 1. The molecule has 0 amide bonds. The number of aliphatic hydroxyl groups is 7. The lowest BCUT2D eigenvalue weighted by Gasteiger charge is -2.63. The summed E-state index contributed by atoms with van der Waals surface area (Å²) in [6.45, 7) is 8.85. The van der Waals surface area contributed by atoms with Crippen molar-refractivity contribution < 1.29 is 59.5 Å². The second kappa shape index (κ2) is 13.9. The topological polar surface area (TPSA) is 196 Å². The number of fused-ring (bicyclic) bond motifs is 7. The van der Waals surface area contributed by atoms with Crippen molar-refractivity contribution in [3.05, 3.63) is 11.3 Å². The quantitative estimate of drug-likeness (QED) is 0.192. The highest BCUT2D eigenvalue weighted by molar-refractivity contribution is 5.79. The van der Waals surface area contributed by atoms with Gasteiger partial charge in [-0.15, -0.1) is 0 Å². The largest absolute Gasteiger partial charge is 0.494 e. The predicted octanol–water partition coefficient (Wildman–Crippen LogP) is 1.44. The molecule has 0 spiro atoms. The number of hydrogen-bond donors (Lipinski definition) is 7. The van der Waals surface area contributed by atoms with Crippen molar-refractivity contribution in [2.45, 2.75) is 147 Å². The molecule has 0 aromatic heterocycles. The zero-order valence-electron chi connectivity index (χ0n) is 30.0. The van der Waals surface area contributed by atoms with Crippen molar-refractivity contribution in [3.8, 4) is 0 Å². The van der Waals surface area contributed by atoms with Gasteiger partial charge in [-0.1, -0.05) is 20.8 Å². The third-order valence-electron chi connectivity index (χ3n) is 15.0. The molecule has 4 aliphatic carbocycles. The Kier molecular flexibility index (Phi) is 10.3. The van der Waals surface area contributed by atoms with Crippen LogP contribution in [0.2, 0.25) is 0 Å². The molecule has 4 saturated carbocycles. The molecule has 3 aliphatic heterocycles. The van der Waals surface area contributed by atoms with Crippen LogP contribution in [0.3, 0.4) is 0 Å². The van der Waals surface area contributed by atoms with Crippen LogP contribution in [0.25, 0.3) is 0 Å². The molecule has 12 heteroatoms. The zero-order chi connectivity index (χ0) is 35.9. The van der Waals surface area contributed by atoms with Crippen LogP contribution in [0.15, 0.2) is 11.3 Å². The van der Waals surface area contributed by atoms with Crippen LogP contribution in [0.1, 0.15) is 85.5 Å². The van der Waals surface area contributed by atoms with E-state index >= 15 is 0 Å². The SMILES string of the molecule is CC1=C(CC[C@H](C)CO[C@@H]2O[C@H](CO)[C@@H](O)[C@H](O)[C@H]2O)O[C@H]2C[C@H]3[C@@H]4C[C@H]([C@@H]5OC[C@@H](O)[C@H](O)[C@H]5O)[C@H]5CC(=O)CC[C@]5(C)[C@H]4CC[C@]3(C)[C@@H]12. The summed E-state index contributed by atoms with van der Waals surface area (Å²) >= 11 is 0. The highest BCUT2D eigenvalue weighted by atomic mass is 16.7. The Bertz CT molecular complexity index is 1290. The average molecular weight is 709 g/mol. The summed E-state index contributed by atoms with van der Waals surface area (Å²) in [5.74, 6) is 3.01. The first kappa shape index (κ1) is 37.1. The van der Waals surface area contributed by atoms with E-state index in [2.05, 4.69) is 20.8 Å². The maximum Gasteiger partial charge on any atom is 0.186 e. The number of rotatable bonds is 8. The summed E-state index contributed by atoms with van der Waals surface area (Å²) in [4.78, 5) is 12.9. The molecule has 12 nitrogen and oxygen atoms in total. The van der Waals surface area contributed by atoms with Crippen molar-refractivity contribution in [3.63, 3.8) is 0 Å². The van der Waals surface area contributed by atoms with E-state index in [-0.39, 0.29) is 53.7 Å². The molecule has 7 rings (SSSR count).